The van der Waals surface area contributed by atoms with Crippen molar-refractivity contribution in [1.82, 2.24) is 20.8 Å². The van der Waals surface area contributed by atoms with E-state index < -0.39 is 0 Å². The van der Waals surface area contributed by atoms with E-state index in [-0.39, 0.29) is 18.3 Å². The molecule has 0 saturated carbocycles. The van der Waals surface area contributed by atoms with Crippen LogP contribution in [0.2, 0.25) is 0 Å². The number of amides is 1. The van der Waals surface area contributed by atoms with E-state index in [1.807, 2.05) is 12.3 Å². The maximum Gasteiger partial charge on any atom is 0.253 e. The molecule has 7 heteroatoms. The van der Waals surface area contributed by atoms with Crippen LogP contribution in [0, 0.1) is 5.92 Å². The fourth-order valence-electron chi connectivity index (χ4n) is 2.54. The maximum atomic E-state index is 12.1. The highest BCUT2D eigenvalue weighted by Crippen LogP contribution is 2.15. The van der Waals surface area contributed by atoms with Gasteiger partial charge in [-0.05, 0) is 43.5 Å². The van der Waals surface area contributed by atoms with Gasteiger partial charge in [0.1, 0.15) is 6.26 Å². The van der Waals surface area contributed by atoms with Gasteiger partial charge in [0.25, 0.3) is 5.91 Å². The van der Waals surface area contributed by atoms with Crippen molar-refractivity contribution in [3.63, 3.8) is 0 Å². The van der Waals surface area contributed by atoms with Crippen LogP contribution >= 0.6 is 12.4 Å². The molecule has 0 bridgehead atoms. The van der Waals surface area contributed by atoms with E-state index in [0.717, 1.165) is 30.6 Å². The molecule has 1 aliphatic heterocycles. The first-order valence-electron chi connectivity index (χ1n) is 7.12. The van der Waals surface area contributed by atoms with E-state index >= 15 is 0 Å². The average molecular weight is 323 g/mol. The fourth-order valence-corrected chi connectivity index (χ4v) is 2.54. The standard InChI is InChI=1S/C15H18N4O2.ClH/c20-15(18-7-13-8-19-21-10-13)14-4-12(6-17-9-14)3-11-1-2-16-5-11;/h4,6,8-11,16H,1-3,5,7H2,(H,18,20);1H. The molecule has 0 spiro atoms. The van der Waals surface area contributed by atoms with Crippen LogP contribution in [-0.4, -0.2) is 29.1 Å². The van der Waals surface area contributed by atoms with Crippen molar-refractivity contribution in [3.05, 3.63) is 47.6 Å². The first kappa shape index (κ1) is 16.5. The molecule has 1 amide bonds. The van der Waals surface area contributed by atoms with Crippen LogP contribution in [0.4, 0.5) is 0 Å². The average Bonchev–Trinajstić information content (AvgIpc) is 3.18. The Morgan fingerprint density at radius 2 is 2.27 bits per heavy atom. The number of halogens is 1. The van der Waals surface area contributed by atoms with Crippen molar-refractivity contribution >= 4 is 18.3 Å². The molecule has 1 atom stereocenters. The zero-order chi connectivity index (χ0) is 14.5. The van der Waals surface area contributed by atoms with Crippen LogP contribution in [0.3, 0.4) is 0 Å². The van der Waals surface area contributed by atoms with Crippen molar-refractivity contribution in [2.75, 3.05) is 13.1 Å². The summed E-state index contributed by atoms with van der Waals surface area (Å²) >= 11 is 0. The fraction of sp³-hybridized carbons (Fsp3) is 0.400. The van der Waals surface area contributed by atoms with Crippen LogP contribution in [-0.2, 0) is 13.0 Å². The predicted octanol–water partition coefficient (Wildman–Crippen LogP) is 1.57. The molecular weight excluding hydrogens is 304 g/mol. The Kier molecular flexibility index (Phi) is 5.91. The lowest BCUT2D eigenvalue weighted by molar-refractivity contribution is 0.0950. The molecule has 1 saturated heterocycles. The predicted molar refractivity (Wildman–Crippen MR) is 83.8 cm³/mol. The largest absolute Gasteiger partial charge is 0.364 e. The third-order valence-corrected chi connectivity index (χ3v) is 3.68. The van der Waals surface area contributed by atoms with E-state index in [1.54, 1.807) is 12.4 Å². The van der Waals surface area contributed by atoms with Crippen molar-refractivity contribution in [3.8, 4) is 0 Å². The zero-order valence-electron chi connectivity index (χ0n) is 12.1. The molecule has 3 rings (SSSR count). The molecule has 1 fully saturated rings. The first-order valence-corrected chi connectivity index (χ1v) is 7.12. The number of carbonyl (C=O) groups is 1. The molecule has 0 aliphatic carbocycles. The topological polar surface area (TPSA) is 80.1 Å². The summed E-state index contributed by atoms with van der Waals surface area (Å²) in [5.74, 6) is 0.511. The van der Waals surface area contributed by atoms with Gasteiger partial charge >= 0.3 is 0 Å². The number of pyridine rings is 1. The monoisotopic (exact) mass is 322 g/mol. The third-order valence-electron chi connectivity index (χ3n) is 3.68. The van der Waals surface area contributed by atoms with E-state index in [9.17, 15) is 4.79 Å². The second-order valence-electron chi connectivity index (χ2n) is 5.36. The molecule has 0 aromatic carbocycles. The summed E-state index contributed by atoms with van der Waals surface area (Å²) in [6, 6.07) is 1.92. The summed E-state index contributed by atoms with van der Waals surface area (Å²) in [6.45, 7) is 2.53. The van der Waals surface area contributed by atoms with Crippen molar-refractivity contribution in [2.24, 2.45) is 5.92 Å². The van der Waals surface area contributed by atoms with Crippen LogP contribution in [0.15, 0.2) is 35.4 Å². The van der Waals surface area contributed by atoms with Gasteiger partial charge in [0.15, 0.2) is 0 Å². The van der Waals surface area contributed by atoms with Crippen molar-refractivity contribution in [1.29, 1.82) is 0 Å². The van der Waals surface area contributed by atoms with Crippen molar-refractivity contribution < 1.29 is 9.32 Å². The molecule has 0 radical (unpaired) electrons. The molecule has 2 aromatic rings. The third kappa shape index (κ3) is 4.29. The minimum atomic E-state index is -0.130. The molecule has 2 aromatic heterocycles. The second-order valence-corrected chi connectivity index (χ2v) is 5.36. The summed E-state index contributed by atoms with van der Waals surface area (Å²) in [6.07, 6.45) is 8.69. The SMILES string of the molecule is Cl.O=C(NCc1cnoc1)c1cncc(CC2CCNC2)c1. The Labute approximate surface area is 135 Å². The van der Waals surface area contributed by atoms with Gasteiger partial charge in [0.2, 0.25) is 0 Å². The van der Waals surface area contributed by atoms with E-state index in [2.05, 4.69) is 20.8 Å². The summed E-state index contributed by atoms with van der Waals surface area (Å²) in [4.78, 5) is 16.3. The van der Waals surface area contributed by atoms with Crippen LogP contribution in [0.25, 0.3) is 0 Å². The summed E-state index contributed by atoms with van der Waals surface area (Å²) in [7, 11) is 0. The van der Waals surface area contributed by atoms with Crippen molar-refractivity contribution in [2.45, 2.75) is 19.4 Å². The molecule has 2 N–H and O–H groups in total. The molecule has 118 valence electrons. The number of carbonyl (C=O) groups excluding carboxylic acids is 1. The Morgan fingerprint density at radius 1 is 1.36 bits per heavy atom. The summed E-state index contributed by atoms with van der Waals surface area (Å²) in [5, 5.41) is 9.78. The van der Waals surface area contributed by atoms with Gasteiger partial charge in [-0.15, -0.1) is 12.4 Å². The number of nitrogens with one attached hydrogen (secondary N) is 2. The lowest BCUT2D eigenvalue weighted by Gasteiger charge is -2.09. The summed E-state index contributed by atoms with van der Waals surface area (Å²) in [5.41, 5.74) is 2.54. The van der Waals surface area contributed by atoms with E-state index in [0.29, 0.717) is 18.0 Å². The van der Waals surface area contributed by atoms with Crippen LogP contribution in [0.5, 0.6) is 0 Å². The highest BCUT2D eigenvalue weighted by Gasteiger charge is 2.16. The van der Waals surface area contributed by atoms with Gasteiger partial charge in [0, 0.05) is 24.5 Å². The van der Waals surface area contributed by atoms with Gasteiger partial charge in [-0.3, -0.25) is 9.78 Å². The Balaban J connectivity index is 0.00000176. The molecule has 22 heavy (non-hydrogen) atoms. The minimum Gasteiger partial charge on any atom is -0.364 e. The van der Waals surface area contributed by atoms with Gasteiger partial charge in [-0.2, -0.15) is 0 Å². The molecule has 6 nitrogen and oxygen atoms in total. The second kappa shape index (κ2) is 7.91. The Bertz CT molecular complexity index is 597. The minimum absolute atomic E-state index is 0. The van der Waals surface area contributed by atoms with E-state index in [1.165, 1.54) is 12.7 Å². The maximum absolute atomic E-state index is 12.1. The van der Waals surface area contributed by atoms with Crippen LogP contribution < -0.4 is 10.6 Å². The normalized spacial score (nSPS) is 17.0. The quantitative estimate of drug-likeness (QED) is 0.873. The first-order chi connectivity index (χ1) is 10.3. The van der Waals surface area contributed by atoms with Crippen LogP contribution in [0.1, 0.15) is 27.9 Å². The number of hydrogen-bond acceptors (Lipinski definition) is 5. The number of rotatable bonds is 5. The van der Waals surface area contributed by atoms with Gasteiger partial charge in [-0.25, -0.2) is 0 Å². The van der Waals surface area contributed by atoms with Gasteiger partial charge in [-0.1, -0.05) is 5.16 Å². The molecule has 1 aliphatic rings. The molecule has 1 unspecified atom stereocenters. The zero-order valence-corrected chi connectivity index (χ0v) is 12.9. The number of hydrogen-bond donors (Lipinski definition) is 2. The molecular formula is C15H19ClN4O2. The van der Waals surface area contributed by atoms with Gasteiger partial charge in [0.05, 0.1) is 11.8 Å². The lowest BCUT2D eigenvalue weighted by Crippen LogP contribution is -2.23. The lowest BCUT2D eigenvalue weighted by atomic mass is 9.99. The Morgan fingerprint density at radius 3 is 3.00 bits per heavy atom. The highest BCUT2D eigenvalue weighted by atomic mass is 35.5. The summed E-state index contributed by atoms with van der Waals surface area (Å²) < 4.78 is 4.73. The van der Waals surface area contributed by atoms with E-state index in [4.69, 9.17) is 4.52 Å². The highest BCUT2D eigenvalue weighted by molar-refractivity contribution is 5.93. The number of aromatic nitrogens is 2. The smallest absolute Gasteiger partial charge is 0.253 e. The Hall–Kier alpha value is -1.92. The molecule has 3 heterocycles. The number of nitrogens with zero attached hydrogens (tertiary/aromatic N) is 2. The van der Waals surface area contributed by atoms with Gasteiger partial charge < -0.3 is 15.2 Å².